The summed E-state index contributed by atoms with van der Waals surface area (Å²) < 4.78 is 0. The lowest BCUT2D eigenvalue weighted by Crippen LogP contribution is -2.48. The van der Waals surface area contributed by atoms with Crippen molar-refractivity contribution in [3.8, 4) is 0 Å². The van der Waals surface area contributed by atoms with Crippen LogP contribution in [0.5, 0.6) is 0 Å². The standard InChI is InChI=1S/C14H28N2O3/c1-5-7-10-16(12(4)6-2)14(19)15-11(3)8-9-13(17)18/h11-12H,5-10H2,1-4H3,(H,15,19)(H,17,18). The highest BCUT2D eigenvalue weighted by molar-refractivity contribution is 5.75. The minimum Gasteiger partial charge on any atom is -0.481 e. The van der Waals surface area contributed by atoms with Crippen LogP contribution in [-0.2, 0) is 4.79 Å². The SMILES string of the molecule is CCCCN(C(=O)NC(C)CCC(=O)O)C(C)CC. The average Bonchev–Trinajstić information content (AvgIpc) is 2.36. The quantitative estimate of drug-likeness (QED) is 0.678. The molecular formula is C14H28N2O3. The van der Waals surface area contributed by atoms with Gasteiger partial charge in [-0.25, -0.2) is 4.79 Å². The summed E-state index contributed by atoms with van der Waals surface area (Å²) in [6, 6.07) is 0.00990. The number of aliphatic carboxylic acids is 1. The lowest BCUT2D eigenvalue weighted by Gasteiger charge is -2.30. The molecule has 2 unspecified atom stereocenters. The van der Waals surface area contributed by atoms with Crippen LogP contribution in [0.1, 0.15) is 59.8 Å². The second-order valence-corrected chi connectivity index (χ2v) is 5.09. The summed E-state index contributed by atoms with van der Waals surface area (Å²) in [6.07, 6.45) is 3.50. The molecule has 2 amide bonds. The van der Waals surface area contributed by atoms with Crippen LogP contribution in [0.15, 0.2) is 0 Å². The minimum absolute atomic E-state index is 0.0827. The molecule has 2 atom stereocenters. The zero-order chi connectivity index (χ0) is 14.8. The number of carboxylic acids is 1. The third-order valence-corrected chi connectivity index (χ3v) is 3.30. The van der Waals surface area contributed by atoms with Crippen LogP contribution < -0.4 is 5.32 Å². The third kappa shape index (κ3) is 7.70. The summed E-state index contributed by atoms with van der Waals surface area (Å²) in [5.74, 6) is -0.828. The van der Waals surface area contributed by atoms with Gasteiger partial charge in [0.05, 0.1) is 0 Å². The molecule has 0 spiro atoms. The van der Waals surface area contributed by atoms with E-state index < -0.39 is 5.97 Å². The van der Waals surface area contributed by atoms with Crippen LogP contribution in [0.2, 0.25) is 0 Å². The Morgan fingerprint density at radius 2 is 1.89 bits per heavy atom. The third-order valence-electron chi connectivity index (χ3n) is 3.30. The minimum atomic E-state index is -0.828. The van der Waals surface area contributed by atoms with E-state index in [9.17, 15) is 9.59 Å². The molecule has 2 N–H and O–H groups in total. The van der Waals surface area contributed by atoms with Gasteiger partial charge in [0.2, 0.25) is 0 Å². The Balaban J connectivity index is 4.33. The first-order valence-corrected chi connectivity index (χ1v) is 7.21. The van der Waals surface area contributed by atoms with Crippen molar-refractivity contribution >= 4 is 12.0 Å². The number of carbonyl (C=O) groups excluding carboxylic acids is 1. The van der Waals surface area contributed by atoms with Crippen molar-refractivity contribution in [2.24, 2.45) is 0 Å². The van der Waals surface area contributed by atoms with E-state index in [1.807, 2.05) is 18.7 Å². The molecule has 0 rings (SSSR count). The molecule has 0 radical (unpaired) electrons. The van der Waals surface area contributed by atoms with Crippen molar-refractivity contribution in [2.45, 2.75) is 71.9 Å². The summed E-state index contributed by atoms with van der Waals surface area (Å²) in [6.45, 7) is 8.79. The van der Waals surface area contributed by atoms with Crippen molar-refractivity contribution in [1.29, 1.82) is 0 Å². The van der Waals surface area contributed by atoms with Gasteiger partial charge in [0, 0.05) is 25.0 Å². The Bertz CT molecular complexity index is 282. The highest BCUT2D eigenvalue weighted by Crippen LogP contribution is 2.07. The number of nitrogens with one attached hydrogen (secondary N) is 1. The van der Waals surface area contributed by atoms with Gasteiger partial charge in [-0.1, -0.05) is 20.3 Å². The number of urea groups is 1. The lowest BCUT2D eigenvalue weighted by atomic mass is 10.2. The molecule has 0 aliphatic carbocycles. The Morgan fingerprint density at radius 1 is 1.26 bits per heavy atom. The first-order chi connectivity index (χ1) is 8.92. The predicted octanol–water partition coefficient (Wildman–Crippen LogP) is 2.85. The summed E-state index contributed by atoms with van der Waals surface area (Å²) >= 11 is 0. The smallest absolute Gasteiger partial charge is 0.317 e. The molecule has 19 heavy (non-hydrogen) atoms. The maximum Gasteiger partial charge on any atom is 0.317 e. The molecule has 0 fully saturated rings. The van der Waals surface area contributed by atoms with Crippen LogP contribution in [0.4, 0.5) is 4.79 Å². The van der Waals surface area contributed by atoms with Crippen molar-refractivity contribution in [2.75, 3.05) is 6.54 Å². The maximum absolute atomic E-state index is 12.2. The van der Waals surface area contributed by atoms with E-state index in [0.717, 1.165) is 25.8 Å². The summed E-state index contributed by atoms with van der Waals surface area (Å²) in [5.41, 5.74) is 0. The van der Waals surface area contributed by atoms with Crippen LogP contribution in [-0.4, -0.2) is 40.6 Å². The molecule has 0 saturated heterocycles. The Morgan fingerprint density at radius 3 is 2.37 bits per heavy atom. The first kappa shape index (κ1) is 17.7. The van der Waals surface area contributed by atoms with E-state index in [4.69, 9.17) is 5.11 Å². The number of unbranched alkanes of at least 4 members (excludes halogenated alkanes) is 1. The van der Waals surface area contributed by atoms with Crippen LogP contribution in [0, 0.1) is 0 Å². The fraction of sp³-hybridized carbons (Fsp3) is 0.857. The number of nitrogens with zero attached hydrogens (tertiary/aromatic N) is 1. The van der Waals surface area contributed by atoms with Crippen molar-refractivity contribution in [3.05, 3.63) is 0 Å². The fourth-order valence-electron chi connectivity index (χ4n) is 1.78. The number of rotatable bonds is 9. The fourth-order valence-corrected chi connectivity index (χ4v) is 1.78. The predicted molar refractivity (Wildman–Crippen MR) is 76.2 cm³/mol. The molecule has 0 heterocycles. The van der Waals surface area contributed by atoms with Gasteiger partial charge in [0.15, 0.2) is 0 Å². The highest BCUT2D eigenvalue weighted by atomic mass is 16.4. The highest BCUT2D eigenvalue weighted by Gasteiger charge is 2.19. The monoisotopic (exact) mass is 272 g/mol. The van der Waals surface area contributed by atoms with E-state index in [1.54, 1.807) is 0 Å². The molecule has 0 aliphatic heterocycles. The molecule has 0 aromatic carbocycles. The van der Waals surface area contributed by atoms with Gasteiger partial charge >= 0.3 is 12.0 Å². The van der Waals surface area contributed by atoms with Crippen LogP contribution in [0.3, 0.4) is 0 Å². The van der Waals surface area contributed by atoms with Gasteiger partial charge in [-0.05, 0) is 33.1 Å². The number of hydrogen-bond acceptors (Lipinski definition) is 2. The Hall–Kier alpha value is -1.26. The molecule has 0 aromatic rings. The molecule has 5 heteroatoms. The average molecular weight is 272 g/mol. The molecule has 5 nitrogen and oxygen atoms in total. The molecule has 112 valence electrons. The van der Waals surface area contributed by atoms with Gasteiger partial charge in [-0.15, -0.1) is 0 Å². The summed E-state index contributed by atoms with van der Waals surface area (Å²) in [4.78, 5) is 24.5. The van der Waals surface area contributed by atoms with E-state index >= 15 is 0 Å². The van der Waals surface area contributed by atoms with Gasteiger partial charge < -0.3 is 15.3 Å². The molecule has 0 bridgehead atoms. The second-order valence-electron chi connectivity index (χ2n) is 5.09. The molecule has 0 aromatic heterocycles. The maximum atomic E-state index is 12.2. The normalized spacial score (nSPS) is 13.7. The largest absolute Gasteiger partial charge is 0.481 e. The van der Waals surface area contributed by atoms with E-state index in [0.29, 0.717) is 6.42 Å². The zero-order valence-corrected chi connectivity index (χ0v) is 12.6. The zero-order valence-electron chi connectivity index (χ0n) is 12.6. The van der Waals surface area contributed by atoms with Crippen molar-refractivity contribution in [3.63, 3.8) is 0 Å². The Labute approximate surface area is 116 Å². The number of carboxylic acid groups (broad SMARTS) is 1. The van der Waals surface area contributed by atoms with Crippen molar-refractivity contribution in [1.82, 2.24) is 10.2 Å². The Kier molecular flexibility index (Phi) is 9.00. The van der Waals surface area contributed by atoms with E-state index in [2.05, 4.69) is 19.2 Å². The van der Waals surface area contributed by atoms with Crippen LogP contribution in [0.25, 0.3) is 0 Å². The van der Waals surface area contributed by atoms with Gasteiger partial charge in [-0.3, -0.25) is 4.79 Å². The van der Waals surface area contributed by atoms with Crippen LogP contribution >= 0.6 is 0 Å². The summed E-state index contributed by atoms with van der Waals surface area (Å²) in [5, 5.41) is 11.5. The molecular weight excluding hydrogens is 244 g/mol. The van der Waals surface area contributed by atoms with Gasteiger partial charge in [0.1, 0.15) is 0 Å². The van der Waals surface area contributed by atoms with Gasteiger partial charge in [0.25, 0.3) is 0 Å². The molecule has 0 saturated carbocycles. The number of hydrogen-bond donors (Lipinski definition) is 2. The lowest BCUT2D eigenvalue weighted by molar-refractivity contribution is -0.137. The van der Waals surface area contributed by atoms with Crippen molar-refractivity contribution < 1.29 is 14.7 Å². The topological polar surface area (TPSA) is 69.6 Å². The second kappa shape index (κ2) is 9.64. The number of carbonyl (C=O) groups is 2. The first-order valence-electron chi connectivity index (χ1n) is 7.21. The van der Waals surface area contributed by atoms with E-state index in [1.165, 1.54) is 0 Å². The number of amides is 2. The molecule has 0 aliphatic rings. The summed E-state index contributed by atoms with van der Waals surface area (Å²) in [7, 11) is 0. The van der Waals surface area contributed by atoms with Gasteiger partial charge in [-0.2, -0.15) is 0 Å². The van der Waals surface area contributed by atoms with E-state index in [-0.39, 0.29) is 24.5 Å².